The Kier molecular flexibility index (Phi) is 7.45. The van der Waals surface area contributed by atoms with Gasteiger partial charge in [-0.15, -0.1) is 29.9 Å². The number of benzene rings is 1. The lowest BCUT2D eigenvalue weighted by Crippen LogP contribution is -2.30. The number of nitrogens with zero attached hydrogens (tertiary/aromatic N) is 5. The van der Waals surface area contributed by atoms with E-state index < -0.39 is 0 Å². The van der Waals surface area contributed by atoms with Gasteiger partial charge in [-0.1, -0.05) is 5.21 Å². The fraction of sp³-hybridized carbons (Fsp3) is 0.444. The Morgan fingerprint density at radius 1 is 1.28 bits per heavy atom. The lowest BCUT2D eigenvalue weighted by Gasteiger charge is -2.23. The summed E-state index contributed by atoms with van der Waals surface area (Å²) in [5, 5.41) is 14.6. The Hall–Kier alpha value is -2.36. The summed E-state index contributed by atoms with van der Waals surface area (Å²) >= 11 is 0. The minimum Gasteiger partial charge on any atom is -0.423 e. The highest BCUT2D eigenvalue weighted by Gasteiger charge is 2.23. The SMILES string of the molecule is Cc1c(C(=O)Nc2ccc3oc(N(C)C)nc3c2)nnn1C1CCNCC1.Cl.Cl. The Bertz CT molecular complexity index is 980. The Labute approximate surface area is 181 Å². The van der Waals surface area contributed by atoms with Crippen LogP contribution in [0.4, 0.5) is 11.7 Å². The van der Waals surface area contributed by atoms with Gasteiger partial charge in [0.05, 0.1) is 11.7 Å². The number of anilines is 2. The lowest BCUT2D eigenvalue weighted by atomic mass is 10.1. The molecule has 1 aromatic carbocycles. The summed E-state index contributed by atoms with van der Waals surface area (Å²) < 4.78 is 7.51. The van der Waals surface area contributed by atoms with E-state index in [4.69, 9.17) is 4.42 Å². The molecule has 1 amide bonds. The minimum atomic E-state index is -0.275. The topological polar surface area (TPSA) is 101 Å². The number of hydrogen-bond donors (Lipinski definition) is 2. The molecule has 1 aliphatic rings. The molecule has 1 aliphatic heterocycles. The zero-order chi connectivity index (χ0) is 19.0. The maximum atomic E-state index is 12.7. The first kappa shape index (κ1) is 22.9. The van der Waals surface area contributed by atoms with Crippen LogP contribution in [0.2, 0.25) is 0 Å². The highest BCUT2D eigenvalue weighted by atomic mass is 35.5. The van der Waals surface area contributed by atoms with Gasteiger partial charge in [-0.05, 0) is 51.1 Å². The van der Waals surface area contributed by atoms with Gasteiger partial charge in [0.15, 0.2) is 11.3 Å². The van der Waals surface area contributed by atoms with Gasteiger partial charge in [0.2, 0.25) is 0 Å². The molecular formula is C18H25Cl2N7O2. The van der Waals surface area contributed by atoms with E-state index in [1.807, 2.05) is 25.7 Å². The van der Waals surface area contributed by atoms with E-state index in [2.05, 4.69) is 25.9 Å². The molecule has 1 saturated heterocycles. The van der Waals surface area contributed by atoms with E-state index in [-0.39, 0.29) is 36.8 Å². The molecule has 0 spiro atoms. The molecule has 3 heterocycles. The first-order valence-corrected chi connectivity index (χ1v) is 9.04. The van der Waals surface area contributed by atoms with E-state index >= 15 is 0 Å². The molecule has 11 heteroatoms. The van der Waals surface area contributed by atoms with Crippen molar-refractivity contribution in [1.29, 1.82) is 0 Å². The number of fused-ring (bicyclic) bond motifs is 1. The predicted octanol–water partition coefficient (Wildman–Crippen LogP) is 2.81. The normalized spacial score (nSPS) is 14.2. The summed E-state index contributed by atoms with van der Waals surface area (Å²) in [6, 6.07) is 6.18. The van der Waals surface area contributed by atoms with E-state index in [1.54, 1.807) is 23.1 Å². The summed E-state index contributed by atoms with van der Waals surface area (Å²) in [5.74, 6) is -0.275. The van der Waals surface area contributed by atoms with Gasteiger partial charge < -0.3 is 20.0 Å². The molecule has 0 unspecified atom stereocenters. The smallest absolute Gasteiger partial charge is 0.297 e. The monoisotopic (exact) mass is 441 g/mol. The van der Waals surface area contributed by atoms with Gasteiger partial charge in [-0.25, -0.2) is 4.68 Å². The van der Waals surface area contributed by atoms with Crippen LogP contribution in [0.5, 0.6) is 0 Å². The largest absolute Gasteiger partial charge is 0.423 e. The number of rotatable bonds is 4. The molecule has 0 bridgehead atoms. The molecule has 1 fully saturated rings. The average Bonchev–Trinajstić information content (AvgIpc) is 3.25. The van der Waals surface area contributed by atoms with Crippen LogP contribution in [0.3, 0.4) is 0 Å². The second-order valence-electron chi connectivity index (χ2n) is 6.98. The second-order valence-corrected chi connectivity index (χ2v) is 6.98. The van der Waals surface area contributed by atoms with Crippen molar-refractivity contribution >= 4 is 53.5 Å². The highest BCUT2D eigenvalue weighted by molar-refractivity contribution is 6.04. The van der Waals surface area contributed by atoms with Gasteiger partial charge in [0.25, 0.3) is 11.9 Å². The molecule has 4 rings (SSSR count). The Morgan fingerprint density at radius 3 is 2.69 bits per heavy atom. The first-order chi connectivity index (χ1) is 13.0. The van der Waals surface area contributed by atoms with Crippen molar-refractivity contribution in [2.45, 2.75) is 25.8 Å². The quantitative estimate of drug-likeness (QED) is 0.641. The molecule has 29 heavy (non-hydrogen) atoms. The van der Waals surface area contributed by atoms with Crippen LogP contribution in [-0.2, 0) is 0 Å². The number of halogens is 2. The van der Waals surface area contributed by atoms with Crippen molar-refractivity contribution in [3.63, 3.8) is 0 Å². The van der Waals surface area contributed by atoms with Crippen molar-refractivity contribution < 1.29 is 9.21 Å². The average molecular weight is 442 g/mol. The number of piperidine rings is 1. The van der Waals surface area contributed by atoms with E-state index in [1.165, 1.54) is 0 Å². The molecule has 0 aliphatic carbocycles. The maximum Gasteiger partial charge on any atom is 0.297 e. The number of amides is 1. The molecule has 9 nitrogen and oxygen atoms in total. The summed E-state index contributed by atoms with van der Waals surface area (Å²) in [6.07, 6.45) is 1.98. The Morgan fingerprint density at radius 2 is 2.00 bits per heavy atom. The third kappa shape index (κ3) is 4.63. The van der Waals surface area contributed by atoms with E-state index in [0.29, 0.717) is 28.5 Å². The van der Waals surface area contributed by atoms with Gasteiger partial charge in [-0.3, -0.25) is 4.79 Å². The van der Waals surface area contributed by atoms with Crippen molar-refractivity contribution in [1.82, 2.24) is 25.3 Å². The zero-order valence-corrected chi connectivity index (χ0v) is 18.1. The number of carbonyl (C=O) groups is 1. The van der Waals surface area contributed by atoms with Gasteiger partial charge in [0.1, 0.15) is 5.52 Å². The molecule has 0 atom stereocenters. The standard InChI is InChI=1S/C18H23N7O2.2ClH/c1-11-16(22-23-25(11)13-6-8-19-9-7-13)17(26)20-12-4-5-15-14(10-12)21-18(27-15)24(2)3;;/h4-5,10,13,19H,6-9H2,1-3H3,(H,20,26);2*1H. The molecule has 2 aromatic heterocycles. The third-order valence-corrected chi connectivity index (χ3v) is 4.81. The minimum absolute atomic E-state index is 0. The number of nitrogens with one attached hydrogen (secondary N) is 2. The summed E-state index contributed by atoms with van der Waals surface area (Å²) in [4.78, 5) is 18.9. The molecule has 2 N–H and O–H groups in total. The van der Waals surface area contributed by atoms with Crippen molar-refractivity contribution in [3.8, 4) is 0 Å². The third-order valence-electron chi connectivity index (χ3n) is 4.81. The number of aromatic nitrogens is 4. The fourth-order valence-electron chi connectivity index (χ4n) is 3.32. The fourth-order valence-corrected chi connectivity index (χ4v) is 3.32. The van der Waals surface area contributed by atoms with Crippen LogP contribution in [0.25, 0.3) is 11.1 Å². The highest BCUT2D eigenvalue weighted by Crippen LogP contribution is 2.24. The van der Waals surface area contributed by atoms with Crippen LogP contribution < -0.4 is 15.5 Å². The Balaban J connectivity index is 0.00000150. The van der Waals surface area contributed by atoms with Gasteiger partial charge >= 0.3 is 0 Å². The molecule has 158 valence electrons. The van der Waals surface area contributed by atoms with E-state index in [9.17, 15) is 4.79 Å². The molecule has 0 saturated carbocycles. The maximum absolute atomic E-state index is 12.7. The van der Waals surface area contributed by atoms with Crippen molar-refractivity contribution in [3.05, 3.63) is 29.6 Å². The van der Waals surface area contributed by atoms with Gasteiger partial charge in [0, 0.05) is 19.8 Å². The molecular weight excluding hydrogens is 417 g/mol. The van der Waals surface area contributed by atoms with Crippen LogP contribution in [0.15, 0.2) is 22.6 Å². The summed E-state index contributed by atoms with van der Waals surface area (Å²) in [6.45, 7) is 3.80. The van der Waals surface area contributed by atoms with Gasteiger partial charge in [-0.2, -0.15) is 4.98 Å². The number of carbonyl (C=O) groups excluding carboxylic acids is 1. The summed E-state index contributed by atoms with van der Waals surface area (Å²) in [5.41, 5.74) is 3.14. The molecule has 3 aromatic rings. The molecule has 0 radical (unpaired) electrons. The van der Waals surface area contributed by atoms with Crippen LogP contribution in [-0.4, -0.2) is 53.1 Å². The summed E-state index contributed by atoms with van der Waals surface area (Å²) in [7, 11) is 3.73. The first-order valence-electron chi connectivity index (χ1n) is 9.04. The second kappa shape index (κ2) is 9.43. The van der Waals surface area contributed by atoms with E-state index in [0.717, 1.165) is 31.6 Å². The number of hydrogen-bond acceptors (Lipinski definition) is 7. The van der Waals surface area contributed by atoms with Crippen molar-refractivity contribution in [2.75, 3.05) is 37.4 Å². The number of oxazole rings is 1. The predicted molar refractivity (Wildman–Crippen MR) is 117 cm³/mol. The van der Waals surface area contributed by atoms with Crippen LogP contribution in [0.1, 0.15) is 35.1 Å². The lowest BCUT2D eigenvalue weighted by molar-refractivity contribution is 0.102. The van der Waals surface area contributed by atoms with Crippen LogP contribution in [0, 0.1) is 6.92 Å². The van der Waals surface area contributed by atoms with Crippen molar-refractivity contribution in [2.24, 2.45) is 0 Å². The zero-order valence-electron chi connectivity index (χ0n) is 16.5. The van der Waals surface area contributed by atoms with Crippen LogP contribution >= 0.6 is 24.8 Å².